The first-order valence-electron chi connectivity index (χ1n) is 8.95. The molecule has 1 aliphatic carbocycles. The highest BCUT2D eigenvalue weighted by Gasteiger charge is 2.34. The molecule has 1 heterocycles. The summed E-state index contributed by atoms with van der Waals surface area (Å²) in [4.78, 5) is 12.6. The molecule has 0 saturated heterocycles. The van der Waals surface area contributed by atoms with E-state index in [-0.39, 0.29) is 11.8 Å². The van der Waals surface area contributed by atoms with Crippen LogP contribution in [0.25, 0.3) is 0 Å². The molecular formula is C18H33N3O. The molecule has 1 saturated carbocycles. The van der Waals surface area contributed by atoms with Gasteiger partial charge in [0, 0.05) is 18.8 Å². The van der Waals surface area contributed by atoms with Crippen LogP contribution in [-0.2, 0) is 4.79 Å². The molecule has 22 heavy (non-hydrogen) atoms. The molecule has 0 bridgehead atoms. The number of hydrazone groups is 1. The summed E-state index contributed by atoms with van der Waals surface area (Å²) in [6.45, 7) is 9.64. The molecule has 1 N–H and O–H groups in total. The zero-order valence-corrected chi connectivity index (χ0v) is 14.9. The smallest absolute Gasteiger partial charge is 0.230 e. The van der Waals surface area contributed by atoms with Gasteiger partial charge in [-0.15, -0.1) is 0 Å². The number of hydrogen-bond acceptors (Lipinski definition) is 3. The van der Waals surface area contributed by atoms with Crippen molar-refractivity contribution >= 4 is 11.6 Å². The van der Waals surface area contributed by atoms with Crippen LogP contribution < -0.4 is 5.32 Å². The Balaban J connectivity index is 1.96. The first-order chi connectivity index (χ1) is 10.4. The molecule has 0 aromatic rings. The predicted molar refractivity (Wildman–Crippen MR) is 91.7 cm³/mol. The van der Waals surface area contributed by atoms with Gasteiger partial charge in [0.2, 0.25) is 5.91 Å². The Labute approximate surface area is 135 Å². The van der Waals surface area contributed by atoms with Gasteiger partial charge in [0.15, 0.2) is 0 Å². The van der Waals surface area contributed by atoms with Crippen molar-refractivity contribution in [2.75, 3.05) is 13.6 Å². The van der Waals surface area contributed by atoms with Crippen molar-refractivity contribution in [2.24, 2.45) is 28.8 Å². The zero-order valence-electron chi connectivity index (χ0n) is 14.9. The first-order valence-corrected chi connectivity index (χ1v) is 8.95. The molecule has 0 radical (unpaired) electrons. The third-order valence-electron chi connectivity index (χ3n) is 5.32. The van der Waals surface area contributed by atoms with Gasteiger partial charge >= 0.3 is 0 Å². The number of nitrogens with one attached hydrogen (secondary N) is 1. The van der Waals surface area contributed by atoms with Crippen molar-refractivity contribution in [3.8, 4) is 0 Å². The summed E-state index contributed by atoms with van der Waals surface area (Å²) in [6.07, 6.45) is 6.21. The Morgan fingerprint density at radius 1 is 1.32 bits per heavy atom. The standard InChI is InChI=1S/C18H33N3O/c1-12(2)10-13(3)15-8-6-7-9-17(15)19-18(22)16-11-21(5)20-14(16)4/h12-13,15-17H,6-11H2,1-5H3,(H,19,22). The van der Waals surface area contributed by atoms with Gasteiger partial charge in [-0.2, -0.15) is 5.10 Å². The molecule has 1 aliphatic heterocycles. The van der Waals surface area contributed by atoms with Gasteiger partial charge < -0.3 is 5.32 Å². The van der Waals surface area contributed by atoms with Gasteiger partial charge in [-0.1, -0.05) is 33.6 Å². The second kappa shape index (κ2) is 7.47. The quantitative estimate of drug-likeness (QED) is 0.847. The molecule has 1 fully saturated rings. The van der Waals surface area contributed by atoms with Crippen LogP contribution in [0.4, 0.5) is 0 Å². The predicted octanol–water partition coefficient (Wildman–Crippen LogP) is 3.28. The van der Waals surface area contributed by atoms with Crippen molar-refractivity contribution < 1.29 is 4.79 Å². The van der Waals surface area contributed by atoms with Crippen LogP contribution in [0.3, 0.4) is 0 Å². The van der Waals surface area contributed by atoms with Crippen molar-refractivity contribution in [3.05, 3.63) is 0 Å². The molecule has 0 aromatic heterocycles. The molecule has 0 spiro atoms. The minimum atomic E-state index is -0.0621. The summed E-state index contributed by atoms with van der Waals surface area (Å²) >= 11 is 0. The maximum atomic E-state index is 12.6. The van der Waals surface area contributed by atoms with Gasteiger partial charge in [0.1, 0.15) is 0 Å². The lowest BCUT2D eigenvalue weighted by atomic mass is 9.74. The molecule has 4 unspecified atom stereocenters. The zero-order chi connectivity index (χ0) is 16.3. The summed E-state index contributed by atoms with van der Waals surface area (Å²) < 4.78 is 0. The fourth-order valence-electron chi connectivity index (χ4n) is 4.27. The number of amides is 1. The van der Waals surface area contributed by atoms with Gasteiger partial charge in [-0.3, -0.25) is 9.80 Å². The van der Waals surface area contributed by atoms with Crippen molar-refractivity contribution in [1.82, 2.24) is 10.3 Å². The Bertz CT molecular complexity index is 419. The molecule has 4 nitrogen and oxygen atoms in total. The SMILES string of the molecule is CC1=NN(C)CC1C(=O)NC1CCCCC1C(C)CC(C)C. The maximum Gasteiger partial charge on any atom is 0.230 e. The van der Waals surface area contributed by atoms with E-state index >= 15 is 0 Å². The lowest BCUT2D eigenvalue weighted by molar-refractivity contribution is -0.124. The summed E-state index contributed by atoms with van der Waals surface area (Å²) in [7, 11) is 1.94. The topological polar surface area (TPSA) is 44.7 Å². The molecule has 0 aromatic carbocycles. The number of hydrogen-bond donors (Lipinski definition) is 1. The Hall–Kier alpha value is -1.06. The first kappa shape index (κ1) is 17.3. The fourth-order valence-corrected chi connectivity index (χ4v) is 4.27. The van der Waals surface area contributed by atoms with E-state index in [2.05, 4.69) is 31.2 Å². The van der Waals surface area contributed by atoms with Gasteiger partial charge in [-0.05, 0) is 43.9 Å². The summed E-state index contributed by atoms with van der Waals surface area (Å²) in [5.74, 6) is 2.17. The molecule has 1 amide bonds. The molecular weight excluding hydrogens is 274 g/mol. The third-order valence-corrected chi connectivity index (χ3v) is 5.32. The molecule has 4 heteroatoms. The highest BCUT2D eigenvalue weighted by molar-refractivity contribution is 6.04. The highest BCUT2D eigenvalue weighted by atomic mass is 16.2. The monoisotopic (exact) mass is 307 g/mol. The number of carbonyl (C=O) groups is 1. The van der Waals surface area contributed by atoms with E-state index in [1.54, 1.807) is 0 Å². The van der Waals surface area contributed by atoms with Crippen molar-refractivity contribution in [3.63, 3.8) is 0 Å². The van der Waals surface area contributed by atoms with Gasteiger partial charge in [0.05, 0.1) is 12.5 Å². The van der Waals surface area contributed by atoms with E-state index in [9.17, 15) is 4.79 Å². The normalized spacial score (nSPS) is 30.4. The minimum Gasteiger partial charge on any atom is -0.352 e. The van der Waals surface area contributed by atoms with E-state index in [4.69, 9.17) is 0 Å². The van der Waals surface area contributed by atoms with Gasteiger partial charge in [-0.25, -0.2) is 0 Å². The van der Waals surface area contributed by atoms with Crippen molar-refractivity contribution in [1.29, 1.82) is 0 Å². The fraction of sp³-hybridized carbons (Fsp3) is 0.889. The van der Waals surface area contributed by atoms with Crippen LogP contribution in [0.5, 0.6) is 0 Å². The van der Waals surface area contributed by atoms with Crippen LogP contribution in [0.1, 0.15) is 59.8 Å². The van der Waals surface area contributed by atoms with Crippen LogP contribution in [0, 0.1) is 23.7 Å². The van der Waals surface area contributed by atoms with E-state index in [1.807, 2.05) is 19.0 Å². The average molecular weight is 307 g/mol. The van der Waals surface area contributed by atoms with Crippen LogP contribution in [0.2, 0.25) is 0 Å². The Kier molecular flexibility index (Phi) is 5.87. The van der Waals surface area contributed by atoms with E-state index in [0.29, 0.717) is 17.9 Å². The van der Waals surface area contributed by atoms with E-state index < -0.39 is 0 Å². The molecule has 2 rings (SSSR count). The lowest BCUT2D eigenvalue weighted by Gasteiger charge is -2.37. The molecule has 4 atom stereocenters. The maximum absolute atomic E-state index is 12.6. The summed E-state index contributed by atoms with van der Waals surface area (Å²) in [5.41, 5.74) is 0.947. The highest BCUT2D eigenvalue weighted by Crippen LogP contribution is 2.33. The van der Waals surface area contributed by atoms with Gasteiger partial charge in [0.25, 0.3) is 0 Å². The number of rotatable bonds is 5. The number of carbonyl (C=O) groups excluding carboxylic acids is 1. The number of nitrogens with zero attached hydrogens (tertiary/aromatic N) is 2. The molecule has 2 aliphatic rings. The largest absolute Gasteiger partial charge is 0.352 e. The summed E-state index contributed by atoms with van der Waals surface area (Å²) in [6, 6.07) is 0.355. The Morgan fingerprint density at radius 2 is 2.00 bits per heavy atom. The second-order valence-electron chi connectivity index (χ2n) is 7.80. The van der Waals surface area contributed by atoms with Crippen molar-refractivity contribution in [2.45, 2.75) is 65.8 Å². The minimum absolute atomic E-state index is 0.0621. The van der Waals surface area contributed by atoms with Crippen LogP contribution in [0.15, 0.2) is 5.10 Å². The summed E-state index contributed by atoms with van der Waals surface area (Å²) in [5, 5.41) is 9.61. The van der Waals surface area contributed by atoms with E-state index in [1.165, 1.54) is 25.7 Å². The third kappa shape index (κ3) is 4.23. The van der Waals surface area contributed by atoms with Crippen LogP contribution in [-0.4, -0.2) is 36.3 Å². The average Bonchev–Trinajstić information content (AvgIpc) is 2.77. The Morgan fingerprint density at radius 3 is 2.59 bits per heavy atom. The molecule has 126 valence electrons. The van der Waals surface area contributed by atoms with E-state index in [0.717, 1.165) is 24.6 Å². The lowest BCUT2D eigenvalue weighted by Crippen LogP contribution is -2.48. The van der Waals surface area contributed by atoms with Crippen LogP contribution >= 0.6 is 0 Å². The second-order valence-corrected chi connectivity index (χ2v) is 7.80.